The maximum Gasteiger partial charge on any atom is 0.191 e. The van der Waals surface area contributed by atoms with Gasteiger partial charge in [0.1, 0.15) is 5.75 Å². The zero-order valence-corrected chi connectivity index (χ0v) is 16.5. The molecule has 24 heavy (non-hydrogen) atoms. The highest BCUT2D eigenvalue weighted by Crippen LogP contribution is 2.11. The number of hydrogen-bond donors (Lipinski definition) is 2. The number of aliphatic imine (C=N–C) groups is 1. The van der Waals surface area contributed by atoms with E-state index in [-0.39, 0.29) is 24.0 Å². The van der Waals surface area contributed by atoms with Gasteiger partial charge in [0.15, 0.2) is 5.96 Å². The molecular weight excluding hydrogens is 415 g/mol. The van der Waals surface area contributed by atoms with E-state index in [1.165, 1.54) is 5.56 Å². The Labute approximate surface area is 161 Å². The molecular formula is C18H25IN4O. The van der Waals surface area contributed by atoms with Crippen LogP contribution < -0.4 is 15.4 Å². The van der Waals surface area contributed by atoms with Gasteiger partial charge in [-0.1, -0.05) is 23.8 Å². The molecule has 0 radical (unpaired) electrons. The lowest BCUT2D eigenvalue weighted by atomic mass is 10.2. The fourth-order valence-electron chi connectivity index (χ4n) is 2.00. The van der Waals surface area contributed by atoms with Gasteiger partial charge in [-0.2, -0.15) is 0 Å². The number of rotatable bonds is 7. The molecule has 0 saturated carbocycles. The van der Waals surface area contributed by atoms with Crippen LogP contribution in [0.2, 0.25) is 0 Å². The van der Waals surface area contributed by atoms with E-state index in [4.69, 9.17) is 4.74 Å². The topological polar surface area (TPSA) is 58.5 Å². The lowest BCUT2D eigenvalue weighted by molar-refractivity contribution is 0.311. The van der Waals surface area contributed by atoms with Crippen LogP contribution in [0.15, 0.2) is 53.7 Å². The molecule has 6 heteroatoms. The normalized spacial score (nSPS) is 10.7. The molecule has 0 fully saturated rings. The first-order valence-corrected chi connectivity index (χ1v) is 7.82. The van der Waals surface area contributed by atoms with Crippen molar-refractivity contribution in [3.05, 3.63) is 59.9 Å². The average Bonchev–Trinajstić information content (AvgIpc) is 2.60. The fourth-order valence-corrected chi connectivity index (χ4v) is 2.00. The van der Waals surface area contributed by atoms with E-state index in [0.717, 1.165) is 30.4 Å². The summed E-state index contributed by atoms with van der Waals surface area (Å²) in [6, 6.07) is 14.0. The van der Waals surface area contributed by atoms with Crippen LogP contribution in [0.25, 0.3) is 0 Å². The van der Waals surface area contributed by atoms with Crippen LogP contribution in [0.3, 0.4) is 0 Å². The first-order chi connectivity index (χ1) is 11.3. The quantitative estimate of drug-likeness (QED) is 0.301. The Hall–Kier alpha value is -1.83. The summed E-state index contributed by atoms with van der Waals surface area (Å²) in [5.74, 6) is 1.68. The van der Waals surface area contributed by atoms with Crippen molar-refractivity contribution in [2.75, 3.05) is 20.2 Å². The van der Waals surface area contributed by atoms with Gasteiger partial charge in [0.25, 0.3) is 0 Å². The summed E-state index contributed by atoms with van der Waals surface area (Å²) in [5.41, 5.74) is 2.22. The van der Waals surface area contributed by atoms with E-state index in [1.807, 2.05) is 30.3 Å². The van der Waals surface area contributed by atoms with Gasteiger partial charge in [-0.3, -0.25) is 9.98 Å². The summed E-state index contributed by atoms with van der Waals surface area (Å²) in [4.78, 5) is 8.46. The maximum absolute atomic E-state index is 5.70. The Bertz CT molecular complexity index is 602. The molecule has 0 aliphatic rings. The molecule has 2 aromatic rings. The first kappa shape index (κ1) is 20.2. The molecule has 0 saturated heterocycles. The number of aromatic nitrogens is 1. The Morgan fingerprint density at radius 3 is 2.58 bits per heavy atom. The predicted octanol–water partition coefficient (Wildman–Crippen LogP) is 3.14. The SMILES string of the molecule is CN=C(NCCCOc1ccc(C)cc1)NCc1ccccn1.I. The van der Waals surface area contributed by atoms with Crippen LogP contribution in [-0.4, -0.2) is 31.1 Å². The molecule has 0 spiro atoms. The number of pyridine rings is 1. The number of nitrogens with one attached hydrogen (secondary N) is 2. The minimum atomic E-state index is 0. The van der Waals surface area contributed by atoms with Gasteiger partial charge in [-0.25, -0.2) is 0 Å². The van der Waals surface area contributed by atoms with Crippen molar-refractivity contribution in [2.24, 2.45) is 4.99 Å². The molecule has 0 atom stereocenters. The van der Waals surface area contributed by atoms with Crippen molar-refractivity contribution in [2.45, 2.75) is 19.9 Å². The van der Waals surface area contributed by atoms with Gasteiger partial charge < -0.3 is 15.4 Å². The van der Waals surface area contributed by atoms with Crippen molar-refractivity contribution >= 4 is 29.9 Å². The van der Waals surface area contributed by atoms with Gasteiger partial charge in [0, 0.05) is 19.8 Å². The van der Waals surface area contributed by atoms with E-state index < -0.39 is 0 Å². The zero-order chi connectivity index (χ0) is 16.3. The van der Waals surface area contributed by atoms with E-state index in [9.17, 15) is 0 Å². The summed E-state index contributed by atoms with van der Waals surface area (Å²) in [5, 5.41) is 6.50. The molecule has 5 nitrogen and oxygen atoms in total. The van der Waals surface area contributed by atoms with Crippen LogP contribution in [-0.2, 0) is 6.54 Å². The van der Waals surface area contributed by atoms with E-state index in [0.29, 0.717) is 13.2 Å². The number of hydrogen-bond acceptors (Lipinski definition) is 3. The van der Waals surface area contributed by atoms with Crippen molar-refractivity contribution < 1.29 is 4.74 Å². The Balaban J connectivity index is 0.00000288. The lowest BCUT2D eigenvalue weighted by Gasteiger charge is -2.12. The highest BCUT2D eigenvalue weighted by atomic mass is 127. The van der Waals surface area contributed by atoms with Crippen LogP contribution in [0.1, 0.15) is 17.7 Å². The minimum absolute atomic E-state index is 0. The maximum atomic E-state index is 5.70. The van der Waals surface area contributed by atoms with Crippen molar-refractivity contribution in [3.8, 4) is 5.75 Å². The van der Waals surface area contributed by atoms with E-state index in [1.54, 1.807) is 13.2 Å². The molecule has 1 heterocycles. The van der Waals surface area contributed by atoms with Gasteiger partial charge in [-0.05, 0) is 37.6 Å². The first-order valence-electron chi connectivity index (χ1n) is 7.82. The highest BCUT2D eigenvalue weighted by Gasteiger charge is 1.99. The molecule has 0 aliphatic heterocycles. The Morgan fingerprint density at radius 2 is 1.92 bits per heavy atom. The van der Waals surface area contributed by atoms with Crippen LogP contribution in [0.4, 0.5) is 0 Å². The molecule has 2 N–H and O–H groups in total. The van der Waals surface area contributed by atoms with Crippen LogP contribution in [0.5, 0.6) is 5.75 Å². The molecule has 0 amide bonds. The zero-order valence-electron chi connectivity index (χ0n) is 14.2. The number of guanidine groups is 1. The summed E-state index contributed by atoms with van der Waals surface area (Å²) in [7, 11) is 1.76. The second kappa shape index (κ2) is 11.7. The smallest absolute Gasteiger partial charge is 0.191 e. The molecule has 1 aromatic carbocycles. The summed E-state index contributed by atoms with van der Waals surface area (Å²) >= 11 is 0. The fraction of sp³-hybridized carbons (Fsp3) is 0.333. The summed E-state index contributed by atoms with van der Waals surface area (Å²) in [6.07, 6.45) is 2.69. The second-order valence-corrected chi connectivity index (χ2v) is 5.19. The highest BCUT2D eigenvalue weighted by molar-refractivity contribution is 14.0. The standard InChI is InChI=1S/C18H24N4O.HI/c1-15-7-9-17(10-8-15)23-13-5-12-21-18(19-2)22-14-16-6-3-4-11-20-16;/h3-4,6-11H,5,12-14H2,1-2H3,(H2,19,21,22);1H. The minimum Gasteiger partial charge on any atom is -0.494 e. The van der Waals surface area contributed by atoms with Gasteiger partial charge >= 0.3 is 0 Å². The van der Waals surface area contributed by atoms with Crippen molar-refractivity contribution in [1.82, 2.24) is 15.6 Å². The molecule has 2 rings (SSSR count). The van der Waals surface area contributed by atoms with Crippen molar-refractivity contribution in [1.29, 1.82) is 0 Å². The molecule has 0 aliphatic carbocycles. The van der Waals surface area contributed by atoms with Crippen molar-refractivity contribution in [3.63, 3.8) is 0 Å². The number of aryl methyl sites for hydroxylation is 1. The van der Waals surface area contributed by atoms with Crippen LogP contribution >= 0.6 is 24.0 Å². The Morgan fingerprint density at radius 1 is 1.12 bits per heavy atom. The number of nitrogens with zero attached hydrogens (tertiary/aromatic N) is 2. The molecule has 1 aromatic heterocycles. The third-order valence-corrected chi connectivity index (χ3v) is 3.29. The van der Waals surface area contributed by atoms with E-state index in [2.05, 4.69) is 39.7 Å². The third kappa shape index (κ3) is 7.63. The largest absolute Gasteiger partial charge is 0.494 e. The Kier molecular flexibility index (Phi) is 9.83. The van der Waals surface area contributed by atoms with E-state index >= 15 is 0 Å². The number of ether oxygens (including phenoxy) is 1. The number of benzene rings is 1. The van der Waals surface area contributed by atoms with Gasteiger partial charge in [0.2, 0.25) is 0 Å². The molecule has 0 bridgehead atoms. The molecule has 0 unspecified atom stereocenters. The summed E-state index contributed by atoms with van der Waals surface area (Å²) < 4.78 is 5.70. The second-order valence-electron chi connectivity index (χ2n) is 5.19. The summed E-state index contributed by atoms with van der Waals surface area (Å²) in [6.45, 7) is 4.19. The molecule has 130 valence electrons. The van der Waals surface area contributed by atoms with Gasteiger partial charge in [-0.15, -0.1) is 24.0 Å². The predicted molar refractivity (Wildman–Crippen MR) is 109 cm³/mol. The number of halogens is 1. The third-order valence-electron chi connectivity index (χ3n) is 3.29. The monoisotopic (exact) mass is 440 g/mol. The van der Waals surface area contributed by atoms with Crippen LogP contribution in [0, 0.1) is 6.92 Å². The average molecular weight is 440 g/mol. The van der Waals surface area contributed by atoms with Gasteiger partial charge in [0.05, 0.1) is 18.8 Å². The lowest BCUT2D eigenvalue weighted by Crippen LogP contribution is -2.37.